The van der Waals surface area contributed by atoms with Crippen molar-refractivity contribution >= 4 is 29.2 Å². The van der Waals surface area contributed by atoms with Gasteiger partial charge < -0.3 is 14.7 Å². The topological polar surface area (TPSA) is 58.0 Å². The molecular weight excluding hydrogens is 248 g/mol. The third kappa shape index (κ3) is 2.06. The summed E-state index contributed by atoms with van der Waals surface area (Å²) in [5.41, 5.74) is 1.26. The third-order valence-electron chi connectivity index (χ3n) is 2.94. The number of para-hydroxylation sites is 2. The van der Waals surface area contributed by atoms with E-state index in [2.05, 4.69) is 4.98 Å². The molecule has 5 heteroatoms. The summed E-state index contributed by atoms with van der Waals surface area (Å²) < 4.78 is 2.13. The quantitative estimate of drug-likeness (QED) is 0.818. The minimum Gasteiger partial charge on any atom is -0.480 e. The number of aromatic nitrogens is 2. The number of H-pyrrole nitrogens is 1. The lowest BCUT2D eigenvalue weighted by Gasteiger charge is -2.28. The lowest BCUT2D eigenvalue weighted by atomic mass is 9.86. The molecule has 0 amide bonds. The largest absolute Gasteiger partial charge is 0.480 e. The highest BCUT2D eigenvalue weighted by molar-refractivity contribution is 7.71. The van der Waals surface area contributed by atoms with Crippen LogP contribution in [0.2, 0.25) is 0 Å². The maximum atomic E-state index is 11.6. The van der Waals surface area contributed by atoms with Gasteiger partial charge in [0.2, 0.25) is 0 Å². The van der Waals surface area contributed by atoms with Crippen LogP contribution in [-0.2, 0) is 4.79 Å². The zero-order valence-corrected chi connectivity index (χ0v) is 11.4. The zero-order valence-electron chi connectivity index (χ0n) is 10.6. The van der Waals surface area contributed by atoms with Gasteiger partial charge in [0.05, 0.1) is 11.0 Å². The Morgan fingerprint density at radius 3 is 2.56 bits per heavy atom. The second-order valence-electron chi connectivity index (χ2n) is 5.42. The molecule has 1 unspecified atom stereocenters. The van der Waals surface area contributed by atoms with Crippen molar-refractivity contribution in [3.63, 3.8) is 0 Å². The Bertz CT molecular complexity index is 649. The van der Waals surface area contributed by atoms with Crippen LogP contribution in [0.15, 0.2) is 24.3 Å². The summed E-state index contributed by atoms with van der Waals surface area (Å²) in [6.07, 6.45) is 0. The van der Waals surface area contributed by atoms with Gasteiger partial charge in [0.15, 0.2) is 4.77 Å². The average Bonchev–Trinajstić information content (AvgIpc) is 2.54. The molecule has 0 aliphatic heterocycles. The Morgan fingerprint density at radius 1 is 1.39 bits per heavy atom. The summed E-state index contributed by atoms with van der Waals surface area (Å²) in [6, 6.07) is 6.85. The number of aliphatic carboxylic acids is 1. The number of carboxylic acid groups (broad SMARTS) is 1. The number of rotatable bonds is 2. The first kappa shape index (κ1) is 12.8. The number of nitrogens with one attached hydrogen (secondary N) is 1. The number of benzene rings is 1. The summed E-state index contributed by atoms with van der Waals surface area (Å²) in [6.45, 7) is 5.69. The first-order chi connectivity index (χ1) is 8.32. The van der Waals surface area contributed by atoms with E-state index in [0.717, 1.165) is 11.0 Å². The van der Waals surface area contributed by atoms with Crippen LogP contribution < -0.4 is 0 Å². The zero-order chi connectivity index (χ0) is 13.5. The Balaban J connectivity index is 2.76. The highest BCUT2D eigenvalue weighted by Crippen LogP contribution is 2.33. The molecule has 96 valence electrons. The SMILES string of the molecule is CC(C)(C)C(C(=O)O)n1c(=S)[nH]c2ccccc21. The van der Waals surface area contributed by atoms with E-state index in [1.54, 1.807) is 4.57 Å². The fourth-order valence-corrected chi connectivity index (χ4v) is 2.51. The first-order valence-corrected chi connectivity index (χ1v) is 6.15. The van der Waals surface area contributed by atoms with Gasteiger partial charge in [-0.2, -0.15) is 0 Å². The van der Waals surface area contributed by atoms with Crippen LogP contribution >= 0.6 is 12.2 Å². The maximum absolute atomic E-state index is 11.6. The molecule has 2 rings (SSSR count). The van der Waals surface area contributed by atoms with Crippen LogP contribution in [-0.4, -0.2) is 20.6 Å². The summed E-state index contributed by atoms with van der Waals surface area (Å²) in [5.74, 6) is -0.872. The van der Waals surface area contributed by atoms with E-state index in [9.17, 15) is 9.90 Å². The Kier molecular flexibility index (Phi) is 3.02. The molecule has 18 heavy (non-hydrogen) atoms. The smallest absolute Gasteiger partial charge is 0.327 e. The average molecular weight is 264 g/mol. The third-order valence-corrected chi connectivity index (χ3v) is 3.24. The molecule has 1 aromatic carbocycles. The van der Waals surface area contributed by atoms with E-state index in [0.29, 0.717) is 4.77 Å². The predicted molar refractivity (Wildman–Crippen MR) is 73.3 cm³/mol. The molecule has 1 atom stereocenters. The molecule has 1 aromatic heterocycles. The van der Waals surface area contributed by atoms with Crippen LogP contribution in [0.3, 0.4) is 0 Å². The normalized spacial score (nSPS) is 13.7. The molecule has 4 nitrogen and oxygen atoms in total. The number of imidazole rings is 1. The van der Waals surface area contributed by atoms with Crippen molar-refractivity contribution in [2.75, 3.05) is 0 Å². The molecule has 0 spiro atoms. The molecule has 0 saturated heterocycles. The van der Waals surface area contributed by atoms with Crippen molar-refractivity contribution in [2.45, 2.75) is 26.8 Å². The number of aromatic amines is 1. The second-order valence-corrected chi connectivity index (χ2v) is 5.81. The van der Waals surface area contributed by atoms with Gasteiger partial charge in [0, 0.05) is 0 Å². The lowest BCUT2D eigenvalue weighted by molar-refractivity contribution is -0.144. The highest BCUT2D eigenvalue weighted by atomic mass is 32.1. The minimum absolute atomic E-state index is 0.422. The standard InChI is InChI=1S/C13H16N2O2S/c1-13(2,3)10(11(16)17)15-9-7-5-4-6-8(9)14-12(15)18/h4-7,10H,1-3H3,(H,14,18)(H,16,17). The summed E-state index contributed by atoms with van der Waals surface area (Å²) in [5, 5.41) is 9.48. The highest BCUT2D eigenvalue weighted by Gasteiger charge is 2.34. The lowest BCUT2D eigenvalue weighted by Crippen LogP contribution is -2.31. The van der Waals surface area contributed by atoms with Crippen molar-refractivity contribution in [3.05, 3.63) is 29.0 Å². The Morgan fingerprint density at radius 2 is 2.00 bits per heavy atom. The fraction of sp³-hybridized carbons (Fsp3) is 0.385. The van der Waals surface area contributed by atoms with Gasteiger partial charge in [-0.1, -0.05) is 32.9 Å². The van der Waals surface area contributed by atoms with Crippen LogP contribution in [0.5, 0.6) is 0 Å². The molecule has 0 radical (unpaired) electrons. The number of nitrogens with zero attached hydrogens (tertiary/aromatic N) is 1. The fourth-order valence-electron chi connectivity index (χ4n) is 2.20. The number of hydrogen-bond acceptors (Lipinski definition) is 2. The van der Waals surface area contributed by atoms with Gasteiger partial charge in [-0.3, -0.25) is 0 Å². The van der Waals surface area contributed by atoms with E-state index in [1.807, 2.05) is 45.0 Å². The monoisotopic (exact) mass is 264 g/mol. The van der Waals surface area contributed by atoms with Crippen LogP contribution in [0.4, 0.5) is 0 Å². The summed E-state index contributed by atoms with van der Waals surface area (Å²) in [4.78, 5) is 14.6. The van der Waals surface area contributed by atoms with Gasteiger partial charge in [0.1, 0.15) is 6.04 Å². The molecule has 0 aliphatic carbocycles. The predicted octanol–water partition coefficient (Wildman–Crippen LogP) is 3.37. The summed E-state index contributed by atoms with van der Waals surface area (Å²) in [7, 11) is 0. The molecule has 0 bridgehead atoms. The van der Waals surface area contributed by atoms with E-state index in [4.69, 9.17) is 12.2 Å². The minimum atomic E-state index is -0.872. The molecular formula is C13H16N2O2S. The van der Waals surface area contributed by atoms with E-state index >= 15 is 0 Å². The van der Waals surface area contributed by atoms with Gasteiger partial charge in [-0.15, -0.1) is 0 Å². The number of fused-ring (bicyclic) bond motifs is 1. The maximum Gasteiger partial charge on any atom is 0.327 e. The van der Waals surface area contributed by atoms with Crippen molar-refractivity contribution in [2.24, 2.45) is 5.41 Å². The van der Waals surface area contributed by atoms with Crippen molar-refractivity contribution in [1.82, 2.24) is 9.55 Å². The van der Waals surface area contributed by atoms with Crippen molar-refractivity contribution in [3.8, 4) is 0 Å². The molecule has 0 fully saturated rings. The van der Waals surface area contributed by atoms with Crippen LogP contribution in [0.1, 0.15) is 26.8 Å². The second kappa shape index (κ2) is 4.24. The molecule has 0 aliphatic rings. The number of hydrogen-bond donors (Lipinski definition) is 2. The first-order valence-electron chi connectivity index (χ1n) is 5.74. The molecule has 1 heterocycles. The molecule has 2 aromatic rings. The van der Waals surface area contributed by atoms with Crippen LogP contribution in [0.25, 0.3) is 11.0 Å². The number of carboxylic acids is 1. The molecule has 2 N–H and O–H groups in total. The van der Waals surface area contributed by atoms with E-state index in [-0.39, 0.29) is 0 Å². The van der Waals surface area contributed by atoms with Crippen molar-refractivity contribution in [1.29, 1.82) is 0 Å². The van der Waals surface area contributed by atoms with Gasteiger partial charge in [0.25, 0.3) is 0 Å². The van der Waals surface area contributed by atoms with Gasteiger partial charge in [-0.05, 0) is 29.8 Å². The van der Waals surface area contributed by atoms with Gasteiger partial charge in [-0.25, -0.2) is 4.79 Å². The molecule has 0 saturated carbocycles. The summed E-state index contributed by atoms with van der Waals surface area (Å²) >= 11 is 5.26. The van der Waals surface area contributed by atoms with Crippen LogP contribution in [0, 0.1) is 10.2 Å². The van der Waals surface area contributed by atoms with Gasteiger partial charge >= 0.3 is 5.97 Å². The van der Waals surface area contributed by atoms with E-state index < -0.39 is 17.4 Å². The Labute approximate surface area is 110 Å². The van der Waals surface area contributed by atoms with E-state index in [1.165, 1.54) is 0 Å². The number of carbonyl (C=O) groups is 1. The Hall–Kier alpha value is -1.62. The van der Waals surface area contributed by atoms with Crippen molar-refractivity contribution < 1.29 is 9.90 Å².